The minimum absolute atomic E-state index is 0.418. The van der Waals surface area contributed by atoms with Crippen molar-refractivity contribution in [3.8, 4) is 6.07 Å². The van der Waals surface area contributed by atoms with Gasteiger partial charge in [0, 0.05) is 16.1 Å². The van der Waals surface area contributed by atoms with E-state index in [0.29, 0.717) is 21.2 Å². The largest absolute Gasteiger partial charge is 0.374 e. The number of aldehydes is 1. The van der Waals surface area contributed by atoms with E-state index in [1.54, 1.807) is 54.6 Å². The normalized spacial score (nSPS) is 10.7. The minimum Gasteiger partial charge on any atom is -0.374 e. The van der Waals surface area contributed by atoms with Crippen molar-refractivity contribution in [2.45, 2.75) is 6.10 Å². The third-order valence-corrected chi connectivity index (χ3v) is 3.04. The first-order valence-electron chi connectivity index (χ1n) is 5.62. The molecule has 0 saturated carbocycles. The number of halogens is 2. The van der Waals surface area contributed by atoms with E-state index in [9.17, 15) is 4.79 Å². The number of hydrogen-bond donors (Lipinski definition) is 1. The van der Waals surface area contributed by atoms with Crippen LogP contribution in [-0.2, 0) is 0 Å². The molecule has 0 spiro atoms. The molecule has 0 amide bonds. The summed E-state index contributed by atoms with van der Waals surface area (Å²) in [7, 11) is 0. The van der Waals surface area contributed by atoms with E-state index in [-0.39, 0.29) is 0 Å². The second kappa shape index (κ2) is 8.34. The molecule has 0 unspecified atom stereocenters. The molecule has 20 heavy (non-hydrogen) atoms. The Labute approximate surface area is 127 Å². The van der Waals surface area contributed by atoms with Crippen LogP contribution in [0.1, 0.15) is 22.0 Å². The molecule has 3 nitrogen and oxygen atoms in total. The summed E-state index contributed by atoms with van der Waals surface area (Å²) in [5.74, 6) is 0. The third kappa shape index (κ3) is 4.67. The summed E-state index contributed by atoms with van der Waals surface area (Å²) in [5, 5.41) is 18.3. The van der Waals surface area contributed by atoms with Gasteiger partial charge in [-0.05, 0) is 12.1 Å². The predicted octanol–water partition coefficient (Wildman–Crippen LogP) is 4.05. The lowest BCUT2D eigenvalue weighted by Crippen LogP contribution is -1.93. The van der Waals surface area contributed by atoms with Crippen molar-refractivity contribution in [3.05, 3.63) is 69.7 Å². The lowest BCUT2D eigenvalue weighted by molar-refractivity contribution is 0.112. The van der Waals surface area contributed by atoms with Gasteiger partial charge in [0.25, 0.3) is 0 Å². The van der Waals surface area contributed by atoms with Crippen molar-refractivity contribution in [2.75, 3.05) is 0 Å². The summed E-state index contributed by atoms with van der Waals surface area (Å²) >= 11 is 11.3. The van der Waals surface area contributed by atoms with Gasteiger partial charge in [0.1, 0.15) is 0 Å². The number of aliphatic hydroxyl groups is 1. The average molecular weight is 308 g/mol. The number of hydrogen-bond acceptors (Lipinski definition) is 3. The lowest BCUT2D eigenvalue weighted by atomic mass is 10.1. The van der Waals surface area contributed by atoms with Crippen LogP contribution in [0.3, 0.4) is 0 Å². The van der Waals surface area contributed by atoms with E-state index in [4.69, 9.17) is 33.6 Å². The van der Waals surface area contributed by atoms with Crippen molar-refractivity contribution in [2.24, 2.45) is 0 Å². The second-order valence-corrected chi connectivity index (χ2v) is 4.51. The van der Waals surface area contributed by atoms with Crippen LogP contribution in [0.15, 0.2) is 48.5 Å². The fourth-order valence-corrected chi connectivity index (χ4v) is 1.76. The quantitative estimate of drug-likeness (QED) is 0.672. The number of rotatable bonds is 2. The van der Waals surface area contributed by atoms with Crippen LogP contribution in [0.4, 0.5) is 0 Å². The van der Waals surface area contributed by atoms with Gasteiger partial charge in [-0.15, -0.1) is 0 Å². The highest BCUT2D eigenvalue weighted by Gasteiger charge is 2.07. The first-order valence-corrected chi connectivity index (χ1v) is 6.37. The fraction of sp³-hybridized carbons (Fsp3) is 0.0667. The Morgan fingerprint density at radius 1 is 1.05 bits per heavy atom. The van der Waals surface area contributed by atoms with Gasteiger partial charge in [-0.1, -0.05) is 59.6 Å². The van der Waals surface area contributed by atoms with Crippen LogP contribution in [0.5, 0.6) is 0 Å². The highest BCUT2D eigenvalue weighted by atomic mass is 35.5. The molecule has 5 heteroatoms. The van der Waals surface area contributed by atoms with Crippen LogP contribution >= 0.6 is 23.2 Å². The Balaban J connectivity index is 0.000000204. The number of aliphatic hydroxyl groups excluding tert-OH is 1. The number of nitriles is 1. The number of nitrogens with zero attached hydrogens (tertiary/aromatic N) is 1. The maximum absolute atomic E-state index is 10.1. The number of carbonyl (C=O) groups excluding carboxylic acids is 1. The van der Waals surface area contributed by atoms with Crippen LogP contribution in [0.2, 0.25) is 10.0 Å². The average Bonchev–Trinajstić information content (AvgIpc) is 2.48. The van der Waals surface area contributed by atoms with Crippen molar-refractivity contribution in [3.63, 3.8) is 0 Å². The van der Waals surface area contributed by atoms with Gasteiger partial charge >= 0.3 is 0 Å². The van der Waals surface area contributed by atoms with Gasteiger partial charge in [-0.3, -0.25) is 4.79 Å². The van der Waals surface area contributed by atoms with Crippen LogP contribution < -0.4 is 0 Å². The van der Waals surface area contributed by atoms with Crippen LogP contribution in [-0.4, -0.2) is 11.4 Å². The lowest BCUT2D eigenvalue weighted by Gasteiger charge is -2.02. The Morgan fingerprint density at radius 2 is 1.60 bits per heavy atom. The van der Waals surface area contributed by atoms with Crippen LogP contribution in [0, 0.1) is 11.3 Å². The molecule has 1 atom stereocenters. The number of benzene rings is 2. The topological polar surface area (TPSA) is 61.1 Å². The molecule has 0 fully saturated rings. The molecule has 1 N–H and O–H groups in total. The van der Waals surface area contributed by atoms with Gasteiger partial charge in [-0.2, -0.15) is 5.26 Å². The second-order valence-electron chi connectivity index (χ2n) is 3.69. The highest BCUT2D eigenvalue weighted by molar-refractivity contribution is 6.32. The molecular formula is C15H11Cl2NO2. The summed E-state index contributed by atoms with van der Waals surface area (Å²) in [6, 6.07) is 15.3. The molecule has 0 aliphatic heterocycles. The molecule has 102 valence electrons. The molecule has 2 rings (SSSR count). The standard InChI is InChI=1S/C8H6ClNO.C7H5ClO/c9-7-4-2-1-3-6(7)8(11)5-10;8-7-4-2-1-3-6(7)5-9/h1-4,8,11H;1-5H/t8-;/m1./s1. The molecule has 2 aromatic carbocycles. The molecule has 0 aliphatic carbocycles. The van der Waals surface area contributed by atoms with E-state index in [0.717, 1.165) is 6.29 Å². The summed E-state index contributed by atoms with van der Waals surface area (Å²) in [6.07, 6.45) is -0.383. The van der Waals surface area contributed by atoms with Crippen molar-refractivity contribution in [1.82, 2.24) is 0 Å². The highest BCUT2D eigenvalue weighted by Crippen LogP contribution is 2.21. The van der Waals surface area contributed by atoms with E-state index in [2.05, 4.69) is 0 Å². The molecular weight excluding hydrogens is 297 g/mol. The van der Waals surface area contributed by atoms with Gasteiger partial charge < -0.3 is 5.11 Å². The fourth-order valence-electron chi connectivity index (χ4n) is 1.34. The molecule has 0 saturated heterocycles. The zero-order chi connectivity index (χ0) is 15.0. The van der Waals surface area contributed by atoms with E-state index in [1.807, 2.05) is 0 Å². The van der Waals surface area contributed by atoms with Crippen molar-refractivity contribution in [1.29, 1.82) is 5.26 Å². The van der Waals surface area contributed by atoms with E-state index >= 15 is 0 Å². The molecule has 0 radical (unpaired) electrons. The molecule has 0 aromatic heterocycles. The maximum atomic E-state index is 10.1. The Morgan fingerprint density at radius 3 is 2.05 bits per heavy atom. The predicted molar refractivity (Wildman–Crippen MR) is 78.9 cm³/mol. The van der Waals surface area contributed by atoms with E-state index < -0.39 is 6.10 Å². The Kier molecular flexibility index (Phi) is 6.75. The summed E-state index contributed by atoms with van der Waals surface area (Å²) in [5.41, 5.74) is 0.996. The molecule has 0 heterocycles. The minimum atomic E-state index is -1.12. The Bertz CT molecular complexity index is 623. The van der Waals surface area contributed by atoms with Crippen molar-refractivity contribution >= 4 is 29.5 Å². The van der Waals surface area contributed by atoms with E-state index in [1.165, 1.54) is 0 Å². The third-order valence-electron chi connectivity index (χ3n) is 2.35. The summed E-state index contributed by atoms with van der Waals surface area (Å²) < 4.78 is 0. The van der Waals surface area contributed by atoms with Crippen LogP contribution in [0.25, 0.3) is 0 Å². The first-order chi connectivity index (χ1) is 9.60. The smallest absolute Gasteiger partial charge is 0.167 e. The van der Waals surface area contributed by atoms with Gasteiger partial charge in [0.2, 0.25) is 0 Å². The maximum Gasteiger partial charge on any atom is 0.167 e. The monoisotopic (exact) mass is 307 g/mol. The first kappa shape index (κ1) is 16.2. The summed E-state index contributed by atoms with van der Waals surface area (Å²) in [4.78, 5) is 10.1. The van der Waals surface area contributed by atoms with Gasteiger partial charge in [-0.25, -0.2) is 0 Å². The number of carbonyl (C=O) groups is 1. The zero-order valence-electron chi connectivity index (χ0n) is 10.3. The summed E-state index contributed by atoms with van der Waals surface area (Å²) in [6.45, 7) is 0. The SMILES string of the molecule is N#C[C@@H](O)c1ccccc1Cl.O=Cc1ccccc1Cl. The van der Waals surface area contributed by atoms with Gasteiger partial charge in [0.15, 0.2) is 12.4 Å². The molecule has 0 bridgehead atoms. The van der Waals surface area contributed by atoms with Gasteiger partial charge in [0.05, 0.1) is 11.1 Å². The molecule has 0 aliphatic rings. The Hall–Kier alpha value is -1.86. The van der Waals surface area contributed by atoms with Crippen molar-refractivity contribution < 1.29 is 9.90 Å². The zero-order valence-corrected chi connectivity index (χ0v) is 11.8. The molecule has 2 aromatic rings.